The first-order chi connectivity index (χ1) is 5.29. The van der Waals surface area contributed by atoms with Crippen molar-refractivity contribution in [3.63, 3.8) is 0 Å². The van der Waals surface area contributed by atoms with Crippen LogP contribution < -0.4 is 17.0 Å². The van der Waals surface area contributed by atoms with E-state index in [-0.39, 0.29) is 0 Å². The minimum atomic E-state index is 0.748. The Kier molecular flexibility index (Phi) is 2.33. The number of anilines is 2. The van der Waals surface area contributed by atoms with Gasteiger partial charge in [-0.25, -0.2) is 0 Å². The number of hydrazine groups is 1. The van der Waals surface area contributed by atoms with Gasteiger partial charge in [0.1, 0.15) is 0 Å². The molecule has 1 aromatic rings. The van der Waals surface area contributed by atoms with E-state index in [1.54, 1.807) is 0 Å². The molecule has 1 rings (SSSR count). The molecule has 11 heavy (non-hydrogen) atoms. The molecule has 0 amide bonds. The van der Waals surface area contributed by atoms with E-state index in [0.717, 1.165) is 23.4 Å². The van der Waals surface area contributed by atoms with Gasteiger partial charge in [-0.2, -0.15) is 0 Å². The average Bonchev–Trinajstić information content (AvgIpc) is 2.05. The fourth-order valence-corrected chi connectivity index (χ4v) is 1.05. The minimum absolute atomic E-state index is 0.748. The fourth-order valence-electron chi connectivity index (χ4n) is 1.05. The van der Waals surface area contributed by atoms with Gasteiger partial charge in [0, 0.05) is 0 Å². The molecule has 0 saturated heterocycles. The van der Waals surface area contributed by atoms with Gasteiger partial charge in [-0.3, -0.25) is 5.84 Å². The van der Waals surface area contributed by atoms with E-state index in [4.69, 9.17) is 11.6 Å². The Morgan fingerprint density at radius 3 is 2.73 bits per heavy atom. The van der Waals surface area contributed by atoms with Gasteiger partial charge < -0.3 is 11.2 Å². The SMILES string of the molecule is CCc1cccc(NN)c1N. The van der Waals surface area contributed by atoms with Crippen molar-refractivity contribution < 1.29 is 0 Å². The third kappa shape index (κ3) is 1.43. The van der Waals surface area contributed by atoms with Crippen molar-refractivity contribution in [2.75, 3.05) is 11.2 Å². The van der Waals surface area contributed by atoms with Gasteiger partial charge in [-0.15, -0.1) is 0 Å². The van der Waals surface area contributed by atoms with E-state index in [2.05, 4.69) is 12.3 Å². The molecule has 0 atom stereocenters. The Hall–Kier alpha value is -1.22. The summed E-state index contributed by atoms with van der Waals surface area (Å²) in [4.78, 5) is 0. The van der Waals surface area contributed by atoms with Crippen LogP contribution in [0.5, 0.6) is 0 Å². The highest BCUT2D eigenvalue weighted by Crippen LogP contribution is 2.21. The van der Waals surface area contributed by atoms with Gasteiger partial charge in [0.2, 0.25) is 0 Å². The number of aryl methyl sites for hydroxylation is 1. The molecule has 0 unspecified atom stereocenters. The quantitative estimate of drug-likeness (QED) is 0.337. The maximum Gasteiger partial charge on any atom is 0.0718 e. The summed E-state index contributed by atoms with van der Waals surface area (Å²) < 4.78 is 0. The first kappa shape index (κ1) is 7.88. The first-order valence-electron chi connectivity index (χ1n) is 3.63. The summed E-state index contributed by atoms with van der Waals surface area (Å²) in [6.07, 6.45) is 0.932. The van der Waals surface area contributed by atoms with Crippen LogP contribution in [0.2, 0.25) is 0 Å². The van der Waals surface area contributed by atoms with Crippen molar-refractivity contribution in [1.29, 1.82) is 0 Å². The normalized spacial score (nSPS) is 9.64. The van der Waals surface area contributed by atoms with Crippen LogP contribution in [-0.2, 0) is 6.42 Å². The molecule has 0 spiro atoms. The molecule has 0 aliphatic carbocycles. The van der Waals surface area contributed by atoms with Gasteiger partial charge in [0.15, 0.2) is 0 Å². The van der Waals surface area contributed by atoms with Crippen LogP contribution in [0.15, 0.2) is 18.2 Å². The molecule has 0 saturated carbocycles. The molecule has 3 nitrogen and oxygen atoms in total. The van der Waals surface area contributed by atoms with E-state index < -0.39 is 0 Å². The monoisotopic (exact) mass is 151 g/mol. The van der Waals surface area contributed by atoms with Gasteiger partial charge >= 0.3 is 0 Å². The van der Waals surface area contributed by atoms with Crippen molar-refractivity contribution in [3.8, 4) is 0 Å². The van der Waals surface area contributed by atoms with E-state index in [0.29, 0.717) is 0 Å². The van der Waals surface area contributed by atoms with Crippen LogP contribution in [-0.4, -0.2) is 0 Å². The molecule has 1 aromatic carbocycles. The fraction of sp³-hybridized carbons (Fsp3) is 0.250. The maximum atomic E-state index is 5.76. The van der Waals surface area contributed by atoms with Crippen LogP contribution >= 0.6 is 0 Å². The summed E-state index contributed by atoms with van der Waals surface area (Å²) >= 11 is 0. The summed E-state index contributed by atoms with van der Waals surface area (Å²) in [5.74, 6) is 5.24. The Morgan fingerprint density at radius 1 is 1.45 bits per heavy atom. The third-order valence-electron chi connectivity index (χ3n) is 1.73. The summed E-state index contributed by atoms with van der Waals surface area (Å²) in [7, 11) is 0. The number of nitrogens with two attached hydrogens (primary N) is 2. The molecule has 0 aromatic heterocycles. The number of rotatable bonds is 2. The second-order valence-corrected chi connectivity index (χ2v) is 2.38. The largest absolute Gasteiger partial charge is 0.397 e. The van der Waals surface area contributed by atoms with Crippen molar-refractivity contribution in [2.24, 2.45) is 5.84 Å². The van der Waals surface area contributed by atoms with Gasteiger partial charge in [0.05, 0.1) is 11.4 Å². The average molecular weight is 151 g/mol. The van der Waals surface area contributed by atoms with Crippen LogP contribution in [0.4, 0.5) is 11.4 Å². The summed E-state index contributed by atoms with van der Waals surface area (Å²) in [6, 6.07) is 5.79. The lowest BCUT2D eigenvalue weighted by Crippen LogP contribution is -2.09. The lowest BCUT2D eigenvalue weighted by molar-refractivity contribution is 1.14. The predicted octanol–water partition coefficient (Wildman–Crippen LogP) is 1.12. The van der Waals surface area contributed by atoms with E-state index in [1.165, 1.54) is 0 Å². The molecule has 0 fully saturated rings. The van der Waals surface area contributed by atoms with Crippen LogP contribution in [0, 0.1) is 0 Å². The molecule has 5 N–H and O–H groups in total. The van der Waals surface area contributed by atoms with Crippen molar-refractivity contribution >= 4 is 11.4 Å². The lowest BCUT2D eigenvalue weighted by Gasteiger charge is -2.07. The second kappa shape index (κ2) is 3.25. The topological polar surface area (TPSA) is 64.1 Å². The molecule has 0 aliphatic heterocycles. The molecule has 0 aliphatic rings. The summed E-state index contributed by atoms with van der Waals surface area (Å²) in [6.45, 7) is 2.06. The van der Waals surface area contributed by atoms with Crippen LogP contribution in [0.25, 0.3) is 0 Å². The zero-order valence-electron chi connectivity index (χ0n) is 6.59. The number of nitrogen functional groups attached to an aromatic ring is 2. The number of para-hydroxylation sites is 1. The van der Waals surface area contributed by atoms with Gasteiger partial charge in [0.25, 0.3) is 0 Å². The predicted molar refractivity (Wildman–Crippen MR) is 48.0 cm³/mol. The molecule has 60 valence electrons. The standard InChI is InChI=1S/C8H13N3/c1-2-6-4-3-5-7(11-10)8(6)9/h3-5,11H,2,9-10H2,1H3. The van der Waals surface area contributed by atoms with E-state index in [9.17, 15) is 0 Å². The number of nitrogens with one attached hydrogen (secondary N) is 1. The molecular formula is C8H13N3. The Bertz CT molecular complexity index is 223. The molecule has 0 heterocycles. The Balaban J connectivity index is 3.10. The van der Waals surface area contributed by atoms with Gasteiger partial charge in [-0.1, -0.05) is 19.1 Å². The van der Waals surface area contributed by atoms with Crippen LogP contribution in [0.3, 0.4) is 0 Å². The molecular weight excluding hydrogens is 138 g/mol. The number of hydrogen-bond acceptors (Lipinski definition) is 3. The van der Waals surface area contributed by atoms with Crippen molar-refractivity contribution in [2.45, 2.75) is 13.3 Å². The van der Waals surface area contributed by atoms with E-state index >= 15 is 0 Å². The molecule has 0 radical (unpaired) electrons. The Labute approximate surface area is 66.4 Å². The van der Waals surface area contributed by atoms with Crippen molar-refractivity contribution in [3.05, 3.63) is 23.8 Å². The van der Waals surface area contributed by atoms with E-state index in [1.807, 2.05) is 18.2 Å². The first-order valence-corrected chi connectivity index (χ1v) is 3.63. The minimum Gasteiger partial charge on any atom is -0.397 e. The zero-order chi connectivity index (χ0) is 8.27. The Morgan fingerprint density at radius 2 is 2.18 bits per heavy atom. The summed E-state index contributed by atoms with van der Waals surface area (Å²) in [5.41, 5.74) is 11.0. The van der Waals surface area contributed by atoms with Gasteiger partial charge in [-0.05, 0) is 18.1 Å². The third-order valence-corrected chi connectivity index (χ3v) is 1.73. The lowest BCUT2D eigenvalue weighted by atomic mass is 10.1. The number of hydrogen-bond donors (Lipinski definition) is 3. The highest BCUT2D eigenvalue weighted by molar-refractivity contribution is 5.69. The highest BCUT2D eigenvalue weighted by Gasteiger charge is 1.99. The maximum absolute atomic E-state index is 5.76. The summed E-state index contributed by atoms with van der Waals surface area (Å²) in [5, 5.41) is 0. The molecule has 0 bridgehead atoms. The second-order valence-electron chi connectivity index (χ2n) is 2.38. The van der Waals surface area contributed by atoms with Crippen molar-refractivity contribution in [1.82, 2.24) is 0 Å². The highest BCUT2D eigenvalue weighted by atomic mass is 15.2. The zero-order valence-corrected chi connectivity index (χ0v) is 6.59. The number of benzene rings is 1. The smallest absolute Gasteiger partial charge is 0.0718 e. The molecule has 3 heteroatoms. The van der Waals surface area contributed by atoms with Crippen LogP contribution in [0.1, 0.15) is 12.5 Å².